The minimum Gasteiger partial charge on any atom is -0.497 e. The first-order valence-corrected chi connectivity index (χ1v) is 12.7. The zero-order valence-corrected chi connectivity index (χ0v) is 21.9. The zero-order chi connectivity index (χ0) is 27.1. The Morgan fingerprint density at radius 2 is 2.05 bits per heavy atom. The second-order valence-corrected chi connectivity index (χ2v) is 9.11. The summed E-state index contributed by atoms with van der Waals surface area (Å²) in [5.41, 5.74) is 3.02. The van der Waals surface area contributed by atoms with Crippen LogP contribution in [0.4, 0.5) is 0 Å². The number of fused-ring (bicyclic) bond motifs is 2. The molecule has 0 spiro atoms. The van der Waals surface area contributed by atoms with E-state index in [9.17, 15) is 14.4 Å². The molecule has 1 aromatic carbocycles. The van der Waals surface area contributed by atoms with Gasteiger partial charge in [-0.2, -0.15) is 10.1 Å². The van der Waals surface area contributed by atoms with Gasteiger partial charge < -0.3 is 25.4 Å². The maximum atomic E-state index is 12.9. The monoisotopic (exact) mass is 523 g/mol. The highest BCUT2D eigenvalue weighted by Gasteiger charge is 2.22. The molecule has 38 heavy (non-hydrogen) atoms. The van der Waals surface area contributed by atoms with Crippen LogP contribution in [0.2, 0.25) is 0 Å². The Hall–Kier alpha value is -4.22. The van der Waals surface area contributed by atoms with Crippen molar-refractivity contribution in [3.8, 4) is 11.5 Å². The summed E-state index contributed by atoms with van der Waals surface area (Å²) in [5.74, 6) is 0.723. The molecule has 4 rings (SSSR count). The highest BCUT2D eigenvalue weighted by molar-refractivity contribution is 5.97. The summed E-state index contributed by atoms with van der Waals surface area (Å²) in [6.07, 6.45) is 3.86. The van der Waals surface area contributed by atoms with E-state index >= 15 is 0 Å². The van der Waals surface area contributed by atoms with Gasteiger partial charge in [0.2, 0.25) is 11.8 Å². The molecule has 3 aromatic rings. The maximum absolute atomic E-state index is 12.9. The van der Waals surface area contributed by atoms with Gasteiger partial charge in [-0.15, -0.1) is 0 Å². The van der Waals surface area contributed by atoms with E-state index in [2.05, 4.69) is 31.0 Å². The predicted octanol–water partition coefficient (Wildman–Crippen LogP) is 1.28. The van der Waals surface area contributed by atoms with E-state index < -0.39 is 6.04 Å². The fraction of sp³-hybridized carbons (Fsp3) is 0.462. The van der Waals surface area contributed by atoms with Crippen LogP contribution in [0.5, 0.6) is 11.5 Å². The first-order chi connectivity index (χ1) is 18.4. The summed E-state index contributed by atoms with van der Waals surface area (Å²) in [7, 11) is 1.54. The predicted molar refractivity (Wildman–Crippen MR) is 138 cm³/mol. The van der Waals surface area contributed by atoms with Crippen LogP contribution in [0.3, 0.4) is 0 Å². The van der Waals surface area contributed by atoms with Gasteiger partial charge in [-0.3, -0.25) is 14.4 Å². The number of aromatic nitrogens is 4. The summed E-state index contributed by atoms with van der Waals surface area (Å²) < 4.78 is 12.7. The molecule has 1 atom stereocenters. The SMILES string of the molecule is COc1ccc2c(c1)OCCNC(=O)[C@@H](NC(=O)CCc1c(C)nc3ncnn3c1C)CCCCNC2=O. The number of ether oxygens (including phenoxy) is 2. The van der Waals surface area contributed by atoms with Gasteiger partial charge in [-0.25, -0.2) is 9.50 Å². The quantitative estimate of drug-likeness (QED) is 0.453. The third kappa shape index (κ3) is 6.36. The van der Waals surface area contributed by atoms with Crippen LogP contribution >= 0.6 is 0 Å². The summed E-state index contributed by atoms with van der Waals surface area (Å²) in [5, 5.41) is 12.8. The number of rotatable bonds is 5. The number of carbonyl (C=O) groups excluding carboxylic acids is 3. The van der Waals surface area contributed by atoms with E-state index in [0.29, 0.717) is 55.1 Å². The van der Waals surface area contributed by atoms with Crippen LogP contribution in [-0.4, -0.2) is 70.2 Å². The van der Waals surface area contributed by atoms with Gasteiger partial charge in [0.25, 0.3) is 11.7 Å². The Bertz CT molecular complexity index is 1320. The summed E-state index contributed by atoms with van der Waals surface area (Å²) in [6.45, 7) is 4.60. The van der Waals surface area contributed by atoms with Crippen molar-refractivity contribution in [3.05, 3.63) is 47.0 Å². The van der Waals surface area contributed by atoms with Crippen molar-refractivity contribution in [1.29, 1.82) is 0 Å². The normalized spacial score (nSPS) is 17.0. The van der Waals surface area contributed by atoms with Crippen LogP contribution in [0, 0.1) is 13.8 Å². The van der Waals surface area contributed by atoms with Gasteiger partial charge in [0.15, 0.2) is 0 Å². The van der Waals surface area contributed by atoms with E-state index in [1.165, 1.54) is 13.4 Å². The third-order valence-electron chi connectivity index (χ3n) is 6.54. The van der Waals surface area contributed by atoms with Crippen LogP contribution in [0.1, 0.15) is 53.0 Å². The number of nitrogens with zero attached hydrogens (tertiary/aromatic N) is 4. The van der Waals surface area contributed by atoms with Gasteiger partial charge in [0.1, 0.15) is 30.5 Å². The molecule has 12 heteroatoms. The molecule has 0 saturated carbocycles. The van der Waals surface area contributed by atoms with Gasteiger partial charge in [0, 0.05) is 30.4 Å². The minimum atomic E-state index is -0.688. The molecule has 0 aliphatic carbocycles. The molecule has 1 aliphatic rings. The van der Waals surface area contributed by atoms with Crippen molar-refractivity contribution in [2.24, 2.45) is 0 Å². The van der Waals surface area contributed by atoms with Crippen LogP contribution < -0.4 is 25.4 Å². The summed E-state index contributed by atoms with van der Waals surface area (Å²) in [6, 6.07) is 4.31. The number of aryl methyl sites for hydroxylation is 2. The number of hydrogen-bond acceptors (Lipinski definition) is 8. The Morgan fingerprint density at radius 1 is 1.21 bits per heavy atom. The number of methoxy groups -OCH3 is 1. The Morgan fingerprint density at radius 3 is 2.87 bits per heavy atom. The van der Waals surface area contributed by atoms with Crippen molar-refractivity contribution in [1.82, 2.24) is 35.5 Å². The maximum Gasteiger partial charge on any atom is 0.255 e. The molecule has 3 heterocycles. The average molecular weight is 524 g/mol. The standard InChI is InChI=1S/C26H33N7O5/c1-16-19(17(2)33-26(31-16)29-15-30-33)9-10-23(34)32-21-6-4-5-11-27-24(35)20-8-7-18(37-3)14-22(20)38-13-12-28-25(21)36/h7-8,14-15,21H,4-6,9-13H2,1-3H3,(H,27,35)(H,28,36)(H,32,34)/t21-/m0/s1. The van der Waals surface area contributed by atoms with E-state index in [-0.39, 0.29) is 37.3 Å². The first kappa shape index (κ1) is 26.8. The van der Waals surface area contributed by atoms with Crippen LogP contribution in [-0.2, 0) is 16.0 Å². The molecule has 0 radical (unpaired) electrons. The van der Waals surface area contributed by atoms with E-state index in [0.717, 1.165) is 17.0 Å². The largest absolute Gasteiger partial charge is 0.497 e. The fourth-order valence-electron chi connectivity index (χ4n) is 4.46. The second-order valence-electron chi connectivity index (χ2n) is 9.11. The van der Waals surface area contributed by atoms with Gasteiger partial charge in [-0.1, -0.05) is 0 Å². The third-order valence-corrected chi connectivity index (χ3v) is 6.54. The number of nitrogens with one attached hydrogen (secondary N) is 3. The van der Waals surface area contributed by atoms with Crippen molar-refractivity contribution < 1.29 is 23.9 Å². The molecule has 0 unspecified atom stereocenters. The smallest absolute Gasteiger partial charge is 0.255 e. The van der Waals surface area contributed by atoms with E-state index in [1.54, 1.807) is 22.7 Å². The molecule has 0 saturated heterocycles. The molecule has 3 N–H and O–H groups in total. The molecule has 1 aliphatic heterocycles. The minimum absolute atomic E-state index is 0.149. The van der Waals surface area contributed by atoms with Crippen molar-refractivity contribution in [2.75, 3.05) is 26.8 Å². The number of carbonyl (C=O) groups is 3. The fourth-order valence-corrected chi connectivity index (χ4v) is 4.46. The highest BCUT2D eigenvalue weighted by atomic mass is 16.5. The molecule has 2 aromatic heterocycles. The Balaban J connectivity index is 1.37. The van der Waals surface area contributed by atoms with E-state index in [1.807, 2.05) is 13.8 Å². The van der Waals surface area contributed by atoms with Crippen LogP contribution in [0.15, 0.2) is 24.5 Å². The summed E-state index contributed by atoms with van der Waals surface area (Å²) >= 11 is 0. The number of amides is 3. The number of hydrogen-bond donors (Lipinski definition) is 3. The lowest BCUT2D eigenvalue weighted by molar-refractivity contribution is -0.129. The Kier molecular flexibility index (Phi) is 8.72. The lowest BCUT2D eigenvalue weighted by Crippen LogP contribution is -2.47. The van der Waals surface area contributed by atoms with E-state index in [4.69, 9.17) is 9.47 Å². The first-order valence-electron chi connectivity index (χ1n) is 12.7. The average Bonchev–Trinajstić information content (AvgIpc) is 3.38. The summed E-state index contributed by atoms with van der Waals surface area (Å²) in [4.78, 5) is 47.0. The van der Waals surface area contributed by atoms with Crippen molar-refractivity contribution in [3.63, 3.8) is 0 Å². The second kappa shape index (κ2) is 12.3. The lowest BCUT2D eigenvalue weighted by atomic mass is 10.0. The van der Waals surface area contributed by atoms with Gasteiger partial charge in [-0.05, 0) is 57.2 Å². The zero-order valence-electron chi connectivity index (χ0n) is 21.9. The molecular formula is C26H33N7O5. The molecular weight excluding hydrogens is 490 g/mol. The molecule has 0 fully saturated rings. The van der Waals surface area contributed by atoms with Gasteiger partial charge >= 0.3 is 0 Å². The topological polar surface area (TPSA) is 149 Å². The number of benzene rings is 1. The van der Waals surface area contributed by atoms with Crippen molar-refractivity contribution in [2.45, 2.75) is 52.0 Å². The van der Waals surface area contributed by atoms with Gasteiger partial charge in [0.05, 0.1) is 19.2 Å². The molecule has 0 bridgehead atoms. The lowest BCUT2D eigenvalue weighted by Gasteiger charge is -2.20. The Labute approximate surface area is 220 Å². The molecule has 202 valence electrons. The van der Waals surface area contributed by atoms with Crippen LogP contribution in [0.25, 0.3) is 5.78 Å². The van der Waals surface area contributed by atoms with Crippen molar-refractivity contribution >= 4 is 23.5 Å². The highest BCUT2D eigenvalue weighted by Crippen LogP contribution is 2.25. The molecule has 12 nitrogen and oxygen atoms in total. The molecule has 3 amide bonds.